The van der Waals surface area contributed by atoms with Crippen LogP contribution in [0.25, 0.3) is 0 Å². The molecule has 0 atom stereocenters. The monoisotopic (exact) mass is 435 g/mol. The van der Waals surface area contributed by atoms with E-state index in [1.807, 2.05) is 0 Å². The number of nitrogens with one attached hydrogen (secondary N) is 1. The van der Waals surface area contributed by atoms with Crippen LogP contribution in [0, 0.1) is 3.57 Å². The number of halogens is 4. The first-order valence-electron chi connectivity index (χ1n) is 6.21. The van der Waals surface area contributed by atoms with Gasteiger partial charge in [0.1, 0.15) is 0 Å². The van der Waals surface area contributed by atoms with Crippen molar-refractivity contribution >= 4 is 40.2 Å². The van der Waals surface area contributed by atoms with Crippen molar-refractivity contribution in [2.75, 3.05) is 5.32 Å². The number of hydrogen-bond acceptors (Lipinski definition) is 2. The number of anilines is 1. The average Bonchev–Trinajstić information content (AvgIpc) is 2.48. The Hall–Kier alpha value is -2.10. The molecule has 0 saturated carbocycles. The van der Waals surface area contributed by atoms with Gasteiger partial charge in [-0.1, -0.05) is 18.2 Å². The van der Waals surface area contributed by atoms with E-state index in [-0.39, 0.29) is 11.3 Å². The number of aromatic carboxylic acids is 1. The van der Waals surface area contributed by atoms with Crippen LogP contribution in [0.4, 0.5) is 18.9 Å². The second-order valence-corrected chi connectivity index (χ2v) is 5.63. The molecule has 0 saturated heterocycles. The highest BCUT2D eigenvalue weighted by molar-refractivity contribution is 14.1. The number of carbonyl (C=O) groups excluding carboxylic acids is 1. The summed E-state index contributed by atoms with van der Waals surface area (Å²) in [4.78, 5) is 23.4. The summed E-state index contributed by atoms with van der Waals surface area (Å²) >= 11 is 1.80. The molecule has 0 aliphatic heterocycles. The lowest BCUT2D eigenvalue weighted by Crippen LogP contribution is -2.20. The number of carboxylic acid groups (broad SMARTS) is 1. The lowest BCUT2D eigenvalue weighted by atomic mass is 10.1. The molecule has 0 heterocycles. The first-order chi connectivity index (χ1) is 10.7. The van der Waals surface area contributed by atoms with Crippen LogP contribution in [0.2, 0.25) is 0 Å². The predicted octanol–water partition coefficient (Wildman–Crippen LogP) is 4.26. The summed E-state index contributed by atoms with van der Waals surface area (Å²) < 4.78 is 39.3. The van der Waals surface area contributed by atoms with E-state index in [1.165, 1.54) is 30.3 Å². The fourth-order valence-electron chi connectivity index (χ4n) is 1.94. The summed E-state index contributed by atoms with van der Waals surface area (Å²) in [5.74, 6) is -2.31. The van der Waals surface area contributed by atoms with Crippen molar-refractivity contribution in [2.24, 2.45) is 0 Å². The minimum Gasteiger partial charge on any atom is -0.478 e. The normalized spacial score (nSPS) is 11.1. The number of alkyl halides is 3. The molecule has 2 N–H and O–H groups in total. The topological polar surface area (TPSA) is 66.4 Å². The van der Waals surface area contributed by atoms with Gasteiger partial charge in [-0.2, -0.15) is 13.2 Å². The van der Waals surface area contributed by atoms with Crippen molar-refractivity contribution in [1.82, 2.24) is 0 Å². The Kier molecular flexibility index (Phi) is 4.93. The molecule has 2 rings (SSSR count). The van der Waals surface area contributed by atoms with Crippen LogP contribution in [0.15, 0.2) is 42.5 Å². The Balaban J connectivity index is 2.44. The van der Waals surface area contributed by atoms with E-state index < -0.39 is 29.2 Å². The van der Waals surface area contributed by atoms with Crippen LogP contribution >= 0.6 is 22.6 Å². The van der Waals surface area contributed by atoms with Gasteiger partial charge in [0.05, 0.1) is 22.4 Å². The molecule has 0 radical (unpaired) electrons. The molecule has 23 heavy (non-hydrogen) atoms. The van der Waals surface area contributed by atoms with Crippen molar-refractivity contribution in [3.8, 4) is 0 Å². The van der Waals surface area contributed by atoms with E-state index in [2.05, 4.69) is 5.32 Å². The molecule has 120 valence electrons. The largest absolute Gasteiger partial charge is 0.478 e. The zero-order valence-electron chi connectivity index (χ0n) is 11.3. The van der Waals surface area contributed by atoms with Crippen LogP contribution in [-0.4, -0.2) is 17.0 Å². The second kappa shape index (κ2) is 6.57. The number of benzene rings is 2. The molecular formula is C15H9F3INO3. The number of amides is 1. The van der Waals surface area contributed by atoms with Gasteiger partial charge in [0.25, 0.3) is 5.91 Å². The lowest BCUT2D eigenvalue weighted by Gasteiger charge is -2.14. The molecule has 4 nitrogen and oxygen atoms in total. The zero-order valence-corrected chi connectivity index (χ0v) is 13.5. The summed E-state index contributed by atoms with van der Waals surface area (Å²) in [5.41, 5.74) is -1.89. The van der Waals surface area contributed by atoms with Gasteiger partial charge in [-0.3, -0.25) is 4.79 Å². The summed E-state index contributed by atoms with van der Waals surface area (Å²) in [7, 11) is 0. The maximum absolute atomic E-state index is 13.0. The summed E-state index contributed by atoms with van der Waals surface area (Å²) in [6.45, 7) is 0. The molecule has 0 bridgehead atoms. The van der Waals surface area contributed by atoms with E-state index in [0.29, 0.717) is 3.57 Å². The summed E-state index contributed by atoms with van der Waals surface area (Å²) in [6.07, 6.45) is -4.69. The maximum Gasteiger partial charge on any atom is 0.417 e. The Bertz CT molecular complexity index is 775. The van der Waals surface area contributed by atoms with E-state index in [9.17, 15) is 22.8 Å². The molecule has 0 spiro atoms. The van der Waals surface area contributed by atoms with E-state index in [0.717, 1.165) is 12.1 Å². The Morgan fingerprint density at radius 2 is 1.61 bits per heavy atom. The van der Waals surface area contributed by atoms with Crippen LogP contribution in [0.3, 0.4) is 0 Å². The number of rotatable bonds is 3. The highest BCUT2D eigenvalue weighted by Gasteiger charge is 2.35. The quantitative estimate of drug-likeness (QED) is 0.709. The third-order valence-corrected chi connectivity index (χ3v) is 3.86. The molecule has 0 aliphatic carbocycles. The number of hydrogen-bond donors (Lipinski definition) is 2. The molecule has 1 amide bonds. The third kappa shape index (κ3) is 3.81. The molecule has 0 aliphatic rings. The molecular weight excluding hydrogens is 426 g/mol. The average molecular weight is 435 g/mol. The van der Waals surface area contributed by atoms with Gasteiger partial charge in [-0.25, -0.2) is 4.79 Å². The highest BCUT2D eigenvalue weighted by atomic mass is 127. The lowest BCUT2D eigenvalue weighted by molar-refractivity contribution is -0.137. The molecule has 2 aromatic rings. The number of carboxylic acids is 1. The van der Waals surface area contributed by atoms with Gasteiger partial charge in [0, 0.05) is 3.57 Å². The molecule has 0 fully saturated rings. The Morgan fingerprint density at radius 3 is 2.22 bits per heavy atom. The van der Waals surface area contributed by atoms with Crippen molar-refractivity contribution in [1.29, 1.82) is 0 Å². The fraction of sp³-hybridized carbons (Fsp3) is 0.0667. The molecule has 0 aromatic heterocycles. The van der Waals surface area contributed by atoms with Gasteiger partial charge >= 0.3 is 12.1 Å². The van der Waals surface area contributed by atoms with E-state index in [4.69, 9.17) is 5.11 Å². The molecule has 0 unspecified atom stereocenters. The highest BCUT2D eigenvalue weighted by Crippen LogP contribution is 2.32. The number of para-hydroxylation sites is 1. The smallest absolute Gasteiger partial charge is 0.417 e. The van der Waals surface area contributed by atoms with Crippen molar-refractivity contribution in [3.63, 3.8) is 0 Å². The Morgan fingerprint density at radius 1 is 1.00 bits per heavy atom. The van der Waals surface area contributed by atoms with Gasteiger partial charge in [-0.05, 0) is 46.9 Å². The minimum absolute atomic E-state index is 0.0393. The Labute approximate surface area is 142 Å². The van der Waals surface area contributed by atoms with Gasteiger partial charge < -0.3 is 10.4 Å². The van der Waals surface area contributed by atoms with Crippen molar-refractivity contribution in [2.45, 2.75) is 6.18 Å². The van der Waals surface area contributed by atoms with Crippen LogP contribution < -0.4 is 5.32 Å². The summed E-state index contributed by atoms with van der Waals surface area (Å²) in [5, 5.41) is 11.4. The van der Waals surface area contributed by atoms with Crippen molar-refractivity contribution in [3.05, 3.63) is 62.7 Å². The standard InChI is InChI=1S/C15H9F3INO3/c16-15(17,18)10-6-2-1-4-8(10)13(21)20-12-9(14(22)23)5-3-7-11(12)19/h1-7H,(H,20,21)(H,22,23). The number of carbonyl (C=O) groups is 2. The van der Waals surface area contributed by atoms with Crippen molar-refractivity contribution < 1.29 is 27.9 Å². The van der Waals surface area contributed by atoms with Gasteiger partial charge in [0.2, 0.25) is 0 Å². The molecule has 8 heteroatoms. The summed E-state index contributed by atoms with van der Waals surface area (Å²) in [6, 6.07) is 8.59. The molecule has 2 aromatic carbocycles. The first-order valence-corrected chi connectivity index (χ1v) is 7.29. The maximum atomic E-state index is 13.0. The van der Waals surface area contributed by atoms with Gasteiger partial charge in [-0.15, -0.1) is 0 Å². The SMILES string of the molecule is O=C(Nc1c(I)cccc1C(=O)O)c1ccccc1C(F)(F)F. The van der Waals surface area contributed by atoms with Crippen LogP contribution in [0.1, 0.15) is 26.3 Å². The minimum atomic E-state index is -4.69. The van der Waals surface area contributed by atoms with E-state index in [1.54, 1.807) is 22.6 Å². The van der Waals surface area contributed by atoms with Crippen LogP contribution in [-0.2, 0) is 6.18 Å². The zero-order chi connectivity index (χ0) is 17.2. The van der Waals surface area contributed by atoms with Crippen LogP contribution in [0.5, 0.6) is 0 Å². The third-order valence-electron chi connectivity index (χ3n) is 2.96. The fourth-order valence-corrected chi connectivity index (χ4v) is 2.57. The predicted molar refractivity (Wildman–Crippen MR) is 85.5 cm³/mol. The first kappa shape index (κ1) is 17.3. The van der Waals surface area contributed by atoms with E-state index >= 15 is 0 Å². The van der Waals surface area contributed by atoms with Gasteiger partial charge in [0.15, 0.2) is 0 Å². The second-order valence-electron chi connectivity index (χ2n) is 4.47.